The first-order valence-corrected chi connectivity index (χ1v) is 7.17. The Morgan fingerprint density at radius 1 is 0.905 bits per heavy atom. The summed E-state index contributed by atoms with van der Waals surface area (Å²) in [6.45, 7) is 0. The van der Waals surface area contributed by atoms with Crippen LogP contribution in [-0.2, 0) is 4.79 Å². The number of benzene rings is 2. The van der Waals surface area contributed by atoms with Crippen LogP contribution in [0.4, 0.5) is 0 Å². The van der Waals surface area contributed by atoms with Gasteiger partial charge in [0.1, 0.15) is 0 Å². The third-order valence-corrected chi connectivity index (χ3v) is 4.22. The number of carboxylic acids is 1. The van der Waals surface area contributed by atoms with Crippen LogP contribution in [0.15, 0.2) is 30.3 Å². The lowest BCUT2D eigenvalue weighted by molar-refractivity contribution is -0.146. The molecule has 2 aromatic rings. The highest BCUT2D eigenvalue weighted by molar-refractivity contribution is 6.44. The molecule has 0 amide bonds. The Labute approximate surface area is 140 Å². The molecule has 2 rings (SSSR count). The van der Waals surface area contributed by atoms with Crippen molar-refractivity contribution < 1.29 is 15.0 Å². The number of hydrogen-bond acceptors (Lipinski definition) is 2. The summed E-state index contributed by atoms with van der Waals surface area (Å²) in [6.07, 6.45) is -1.72. The summed E-state index contributed by atoms with van der Waals surface area (Å²) in [6, 6.07) is 7.63. The van der Waals surface area contributed by atoms with Gasteiger partial charge in [0, 0.05) is 21.2 Å². The van der Waals surface area contributed by atoms with E-state index in [1.807, 2.05) is 0 Å². The fourth-order valence-electron chi connectivity index (χ4n) is 1.80. The Morgan fingerprint density at radius 3 is 2.14 bits per heavy atom. The molecule has 0 aliphatic rings. The topological polar surface area (TPSA) is 57.5 Å². The second kappa shape index (κ2) is 6.42. The SMILES string of the molecule is O=C(O)C(O)c1cc(-c2cc(Cl)c(Cl)cc2Cl)ccc1Cl. The molecule has 1 atom stereocenters. The zero-order valence-electron chi connectivity index (χ0n) is 10.3. The molecule has 110 valence electrons. The average molecular weight is 366 g/mol. The summed E-state index contributed by atoms with van der Waals surface area (Å²) in [7, 11) is 0. The highest BCUT2D eigenvalue weighted by atomic mass is 35.5. The fourth-order valence-corrected chi connectivity index (χ4v) is 2.67. The van der Waals surface area contributed by atoms with Crippen LogP contribution in [0.25, 0.3) is 11.1 Å². The van der Waals surface area contributed by atoms with E-state index in [4.69, 9.17) is 51.5 Å². The molecule has 2 N–H and O–H groups in total. The van der Waals surface area contributed by atoms with Crippen molar-refractivity contribution in [3.63, 3.8) is 0 Å². The number of carbonyl (C=O) groups is 1. The highest BCUT2D eigenvalue weighted by Gasteiger charge is 2.20. The van der Waals surface area contributed by atoms with Crippen LogP contribution in [0.3, 0.4) is 0 Å². The summed E-state index contributed by atoms with van der Waals surface area (Å²) in [4.78, 5) is 10.9. The molecule has 0 radical (unpaired) electrons. The molecule has 1 unspecified atom stereocenters. The van der Waals surface area contributed by atoms with E-state index in [-0.39, 0.29) is 10.6 Å². The molecular formula is C14H8Cl4O3. The van der Waals surface area contributed by atoms with Crippen LogP contribution in [0.1, 0.15) is 11.7 Å². The summed E-state index contributed by atoms with van der Waals surface area (Å²) in [5.74, 6) is -1.39. The van der Waals surface area contributed by atoms with Crippen molar-refractivity contribution in [3.05, 3.63) is 56.0 Å². The predicted molar refractivity (Wildman–Crippen MR) is 84.5 cm³/mol. The van der Waals surface area contributed by atoms with Gasteiger partial charge in [0.15, 0.2) is 6.10 Å². The quantitative estimate of drug-likeness (QED) is 0.745. The zero-order chi connectivity index (χ0) is 15.7. The van der Waals surface area contributed by atoms with Crippen molar-refractivity contribution in [2.75, 3.05) is 0 Å². The molecule has 3 nitrogen and oxygen atoms in total. The Balaban J connectivity index is 2.58. The molecule has 0 aliphatic carbocycles. The highest BCUT2D eigenvalue weighted by Crippen LogP contribution is 2.37. The fraction of sp³-hybridized carbons (Fsp3) is 0.0714. The first kappa shape index (κ1) is 16.4. The molecule has 0 saturated carbocycles. The van der Waals surface area contributed by atoms with Crippen LogP contribution in [0.2, 0.25) is 20.1 Å². The Hall–Kier alpha value is -0.970. The second-order valence-corrected chi connectivity index (χ2v) is 5.85. The van der Waals surface area contributed by atoms with Gasteiger partial charge in [-0.3, -0.25) is 0 Å². The first-order chi connectivity index (χ1) is 9.81. The number of rotatable bonds is 3. The largest absolute Gasteiger partial charge is 0.479 e. The zero-order valence-corrected chi connectivity index (χ0v) is 13.3. The van der Waals surface area contributed by atoms with Gasteiger partial charge in [0.05, 0.1) is 10.0 Å². The van der Waals surface area contributed by atoms with Gasteiger partial charge in [-0.25, -0.2) is 4.79 Å². The summed E-state index contributed by atoms with van der Waals surface area (Å²) < 4.78 is 0. The maximum Gasteiger partial charge on any atom is 0.337 e. The van der Waals surface area contributed by atoms with Gasteiger partial charge in [-0.1, -0.05) is 52.5 Å². The number of halogens is 4. The van der Waals surface area contributed by atoms with E-state index in [9.17, 15) is 9.90 Å². The van der Waals surface area contributed by atoms with Crippen molar-refractivity contribution in [2.45, 2.75) is 6.10 Å². The summed E-state index contributed by atoms with van der Waals surface area (Å²) in [5, 5.41) is 19.7. The maximum atomic E-state index is 10.9. The molecular weight excluding hydrogens is 358 g/mol. The van der Waals surface area contributed by atoms with E-state index in [0.717, 1.165) is 0 Å². The van der Waals surface area contributed by atoms with Crippen molar-refractivity contribution in [3.8, 4) is 11.1 Å². The Bertz CT molecular complexity index is 716. The van der Waals surface area contributed by atoms with E-state index in [0.29, 0.717) is 26.2 Å². The van der Waals surface area contributed by atoms with Gasteiger partial charge in [0.2, 0.25) is 0 Å². The third kappa shape index (κ3) is 3.44. The van der Waals surface area contributed by atoms with Crippen LogP contribution in [-0.4, -0.2) is 16.2 Å². The van der Waals surface area contributed by atoms with Crippen molar-refractivity contribution in [1.29, 1.82) is 0 Å². The monoisotopic (exact) mass is 364 g/mol. The number of aliphatic hydroxyl groups excluding tert-OH is 1. The second-order valence-electron chi connectivity index (χ2n) is 4.22. The van der Waals surface area contributed by atoms with Gasteiger partial charge in [-0.05, 0) is 29.8 Å². The third-order valence-electron chi connectivity index (χ3n) is 2.85. The normalized spacial score (nSPS) is 12.2. The molecule has 0 fully saturated rings. The number of aliphatic carboxylic acids is 1. The lowest BCUT2D eigenvalue weighted by Crippen LogP contribution is -2.11. The number of aliphatic hydroxyl groups is 1. The van der Waals surface area contributed by atoms with Gasteiger partial charge in [-0.2, -0.15) is 0 Å². The lowest BCUT2D eigenvalue weighted by Gasteiger charge is -2.12. The van der Waals surface area contributed by atoms with E-state index < -0.39 is 12.1 Å². The summed E-state index contributed by atoms with van der Waals surface area (Å²) in [5.41, 5.74) is 1.20. The van der Waals surface area contributed by atoms with Gasteiger partial charge < -0.3 is 10.2 Å². The molecule has 21 heavy (non-hydrogen) atoms. The molecule has 7 heteroatoms. The van der Waals surface area contributed by atoms with E-state index in [1.54, 1.807) is 12.1 Å². The molecule has 0 spiro atoms. The molecule has 0 aliphatic heterocycles. The Kier molecular flexibility index (Phi) is 5.02. The standard InChI is InChI=1S/C14H8Cl4O3/c15-9-2-1-6(3-8(9)13(19)14(20)21)7-4-11(17)12(18)5-10(7)16/h1-5,13,19H,(H,20,21). The molecule has 2 aromatic carbocycles. The minimum atomic E-state index is -1.72. The van der Waals surface area contributed by atoms with Gasteiger partial charge >= 0.3 is 5.97 Å². The predicted octanol–water partition coefficient (Wildman–Crippen LogP) is 5.09. The van der Waals surface area contributed by atoms with Crippen molar-refractivity contribution >= 4 is 52.4 Å². The van der Waals surface area contributed by atoms with Crippen LogP contribution >= 0.6 is 46.4 Å². The van der Waals surface area contributed by atoms with Crippen molar-refractivity contribution in [1.82, 2.24) is 0 Å². The smallest absolute Gasteiger partial charge is 0.337 e. The van der Waals surface area contributed by atoms with Crippen molar-refractivity contribution in [2.24, 2.45) is 0 Å². The first-order valence-electron chi connectivity index (χ1n) is 5.66. The van der Waals surface area contributed by atoms with Gasteiger partial charge in [0.25, 0.3) is 0 Å². The van der Waals surface area contributed by atoms with E-state index in [1.165, 1.54) is 18.2 Å². The lowest BCUT2D eigenvalue weighted by atomic mass is 10.0. The number of carboxylic acid groups (broad SMARTS) is 1. The van der Waals surface area contributed by atoms with Crippen LogP contribution in [0.5, 0.6) is 0 Å². The van der Waals surface area contributed by atoms with E-state index >= 15 is 0 Å². The summed E-state index contributed by atoms with van der Waals surface area (Å²) >= 11 is 23.9. The number of hydrogen-bond donors (Lipinski definition) is 2. The van der Waals surface area contributed by atoms with Gasteiger partial charge in [-0.15, -0.1) is 0 Å². The molecule has 0 heterocycles. The molecule has 0 bridgehead atoms. The van der Waals surface area contributed by atoms with Crippen LogP contribution < -0.4 is 0 Å². The maximum absolute atomic E-state index is 10.9. The Morgan fingerprint density at radius 2 is 1.52 bits per heavy atom. The molecule has 0 saturated heterocycles. The minimum absolute atomic E-state index is 0.0730. The minimum Gasteiger partial charge on any atom is -0.479 e. The average Bonchev–Trinajstić information content (AvgIpc) is 2.43. The van der Waals surface area contributed by atoms with E-state index in [2.05, 4.69) is 0 Å². The van der Waals surface area contributed by atoms with Crippen LogP contribution in [0, 0.1) is 0 Å². The molecule has 0 aromatic heterocycles.